The first kappa shape index (κ1) is 29.7. The zero-order valence-electron chi connectivity index (χ0n) is 20.4. The summed E-state index contributed by atoms with van der Waals surface area (Å²) in [5, 5.41) is 33.1. The fourth-order valence-corrected chi connectivity index (χ4v) is 3.71. The van der Waals surface area contributed by atoms with Gasteiger partial charge >= 0.3 is 5.97 Å². The van der Waals surface area contributed by atoms with Gasteiger partial charge in [0.2, 0.25) is 5.91 Å². The second kappa shape index (κ2) is 16.3. The number of carbonyl (C=O) groups is 2. The number of carbonyl (C=O) groups excluding carboxylic acids is 2. The Bertz CT molecular complexity index is 560. The molecule has 0 bridgehead atoms. The van der Waals surface area contributed by atoms with Crippen molar-refractivity contribution in [2.45, 2.75) is 102 Å². The molecule has 1 heterocycles. The number of ether oxygens (including phenoxy) is 4. The highest BCUT2D eigenvalue weighted by Crippen LogP contribution is 2.24. The highest BCUT2D eigenvalue weighted by atomic mass is 16.7. The molecule has 1 fully saturated rings. The van der Waals surface area contributed by atoms with Crippen LogP contribution in [0.4, 0.5) is 0 Å². The summed E-state index contributed by atoms with van der Waals surface area (Å²) in [6, 6.07) is -0.825. The third-order valence-corrected chi connectivity index (χ3v) is 5.54. The molecular weight excluding hydrogens is 434 g/mol. The van der Waals surface area contributed by atoms with Crippen LogP contribution in [0.25, 0.3) is 0 Å². The fraction of sp³-hybridized carbons (Fsp3) is 0.913. The van der Waals surface area contributed by atoms with Crippen molar-refractivity contribution in [3.05, 3.63) is 0 Å². The number of amides is 1. The van der Waals surface area contributed by atoms with Crippen LogP contribution in [0.3, 0.4) is 0 Å². The molecule has 1 rings (SSSR count). The van der Waals surface area contributed by atoms with Crippen molar-refractivity contribution in [2.24, 2.45) is 5.92 Å². The zero-order chi connectivity index (χ0) is 24.8. The van der Waals surface area contributed by atoms with Gasteiger partial charge in [0.1, 0.15) is 37.1 Å². The Morgan fingerprint density at radius 3 is 2.30 bits per heavy atom. The van der Waals surface area contributed by atoms with Crippen molar-refractivity contribution < 1.29 is 43.9 Å². The summed E-state index contributed by atoms with van der Waals surface area (Å²) >= 11 is 0. The van der Waals surface area contributed by atoms with Crippen molar-refractivity contribution in [3.8, 4) is 0 Å². The molecule has 0 saturated carbocycles. The maximum atomic E-state index is 12.3. The Kier molecular flexibility index (Phi) is 14.7. The predicted molar refractivity (Wildman–Crippen MR) is 120 cm³/mol. The van der Waals surface area contributed by atoms with Crippen LogP contribution in [0, 0.1) is 5.92 Å². The SMILES string of the molecule is CCCCCCCCO[C@@H]1O[C@H](CO)[C@H](O)[C@H](OCC(=O)N[C@@H](CC(C)C)C(=O)OC)[C@H]1O. The summed E-state index contributed by atoms with van der Waals surface area (Å²) in [4.78, 5) is 24.2. The van der Waals surface area contributed by atoms with E-state index >= 15 is 0 Å². The first-order valence-electron chi connectivity index (χ1n) is 12.0. The maximum absolute atomic E-state index is 12.3. The van der Waals surface area contributed by atoms with E-state index in [1.54, 1.807) is 0 Å². The Morgan fingerprint density at radius 2 is 1.70 bits per heavy atom. The molecule has 0 aliphatic carbocycles. The number of unbranched alkanes of at least 4 members (excludes halogenated alkanes) is 5. The Hall–Kier alpha value is -1.30. The van der Waals surface area contributed by atoms with Crippen molar-refractivity contribution in [1.82, 2.24) is 5.32 Å². The fourth-order valence-electron chi connectivity index (χ4n) is 3.71. The first-order chi connectivity index (χ1) is 15.7. The number of nitrogens with one attached hydrogen (secondary N) is 1. The number of hydrogen-bond donors (Lipinski definition) is 4. The lowest BCUT2D eigenvalue weighted by Crippen LogP contribution is -2.60. The van der Waals surface area contributed by atoms with E-state index in [4.69, 9.17) is 18.9 Å². The highest BCUT2D eigenvalue weighted by molar-refractivity contribution is 5.85. The lowest BCUT2D eigenvalue weighted by Gasteiger charge is -2.41. The molecule has 1 aliphatic rings. The van der Waals surface area contributed by atoms with Crippen LogP contribution in [0.5, 0.6) is 0 Å². The Balaban J connectivity index is 2.60. The largest absolute Gasteiger partial charge is 0.467 e. The zero-order valence-corrected chi connectivity index (χ0v) is 20.4. The Morgan fingerprint density at radius 1 is 1.03 bits per heavy atom. The van der Waals surface area contributed by atoms with Gasteiger partial charge in [-0.1, -0.05) is 52.9 Å². The van der Waals surface area contributed by atoms with E-state index in [1.165, 1.54) is 26.4 Å². The summed E-state index contributed by atoms with van der Waals surface area (Å²) in [5.41, 5.74) is 0. The van der Waals surface area contributed by atoms with E-state index in [-0.39, 0.29) is 5.92 Å². The third-order valence-electron chi connectivity index (χ3n) is 5.54. The summed E-state index contributed by atoms with van der Waals surface area (Å²) in [5.74, 6) is -1.02. The van der Waals surface area contributed by atoms with E-state index in [2.05, 4.69) is 12.2 Å². The van der Waals surface area contributed by atoms with E-state index < -0.39 is 61.8 Å². The van der Waals surface area contributed by atoms with E-state index in [0.29, 0.717) is 13.0 Å². The van der Waals surface area contributed by atoms with Crippen LogP contribution in [0.15, 0.2) is 0 Å². The molecule has 33 heavy (non-hydrogen) atoms. The Labute approximate surface area is 196 Å². The van der Waals surface area contributed by atoms with Crippen LogP contribution in [0.1, 0.15) is 65.7 Å². The second-order valence-corrected chi connectivity index (χ2v) is 8.89. The van der Waals surface area contributed by atoms with E-state index in [1.807, 2.05) is 13.8 Å². The van der Waals surface area contributed by atoms with Gasteiger partial charge < -0.3 is 39.6 Å². The number of aliphatic hydroxyl groups is 3. The molecule has 4 N–H and O–H groups in total. The molecule has 0 aromatic rings. The smallest absolute Gasteiger partial charge is 0.328 e. The van der Waals surface area contributed by atoms with Gasteiger partial charge in [0.25, 0.3) is 0 Å². The minimum atomic E-state index is -1.36. The van der Waals surface area contributed by atoms with Crippen LogP contribution < -0.4 is 5.32 Å². The molecular formula is C23H43NO9. The van der Waals surface area contributed by atoms with Crippen molar-refractivity contribution in [2.75, 3.05) is 26.9 Å². The molecule has 0 radical (unpaired) electrons. The van der Waals surface area contributed by atoms with Gasteiger partial charge in [0.05, 0.1) is 13.7 Å². The van der Waals surface area contributed by atoms with Crippen LogP contribution in [-0.2, 0) is 28.5 Å². The third kappa shape index (κ3) is 10.7. The standard InChI is InChI=1S/C23H43NO9/c1-5-6-7-8-9-10-11-31-23-20(28)21(19(27)17(13-25)33-23)32-14-18(26)24-16(12-15(2)3)22(29)30-4/h15-17,19-21,23,25,27-28H,5-14H2,1-4H3,(H,24,26)/t16-,17+,19-,20+,21-,23+/m0/s1. The van der Waals surface area contributed by atoms with Gasteiger partial charge in [-0.15, -0.1) is 0 Å². The van der Waals surface area contributed by atoms with Gasteiger partial charge in [-0.3, -0.25) is 4.79 Å². The average molecular weight is 478 g/mol. The first-order valence-corrected chi connectivity index (χ1v) is 12.0. The maximum Gasteiger partial charge on any atom is 0.328 e. The summed E-state index contributed by atoms with van der Waals surface area (Å²) in [6.07, 6.45) is 0.764. The van der Waals surface area contributed by atoms with Gasteiger partial charge in [-0.05, 0) is 18.8 Å². The van der Waals surface area contributed by atoms with Crippen LogP contribution >= 0.6 is 0 Å². The van der Waals surface area contributed by atoms with Gasteiger partial charge in [-0.2, -0.15) is 0 Å². The van der Waals surface area contributed by atoms with Crippen molar-refractivity contribution >= 4 is 11.9 Å². The van der Waals surface area contributed by atoms with E-state index in [9.17, 15) is 24.9 Å². The lowest BCUT2D eigenvalue weighted by molar-refractivity contribution is -0.307. The molecule has 10 nitrogen and oxygen atoms in total. The minimum Gasteiger partial charge on any atom is -0.467 e. The summed E-state index contributed by atoms with van der Waals surface area (Å²) in [7, 11) is 1.24. The molecule has 6 atom stereocenters. The van der Waals surface area contributed by atoms with E-state index in [0.717, 1.165) is 19.3 Å². The number of rotatable bonds is 16. The number of esters is 1. The monoisotopic (exact) mass is 477 g/mol. The molecule has 0 unspecified atom stereocenters. The lowest BCUT2D eigenvalue weighted by atomic mass is 9.99. The van der Waals surface area contributed by atoms with Crippen LogP contribution in [-0.4, -0.2) is 90.9 Å². The highest BCUT2D eigenvalue weighted by Gasteiger charge is 2.46. The number of methoxy groups -OCH3 is 1. The number of aliphatic hydroxyl groups excluding tert-OH is 3. The summed E-state index contributed by atoms with van der Waals surface area (Å²) < 4.78 is 21.3. The molecule has 1 saturated heterocycles. The topological polar surface area (TPSA) is 144 Å². The minimum absolute atomic E-state index is 0.143. The molecule has 0 aromatic heterocycles. The normalized spacial score (nSPS) is 26.2. The molecule has 10 heteroatoms. The molecule has 0 aromatic carbocycles. The summed E-state index contributed by atoms with van der Waals surface area (Å²) in [6.45, 7) is 5.32. The van der Waals surface area contributed by atoms with Gasteiger partial charge in [0.15, 0.2) is 6.29 Å². The quantitative estimate of drug-likeness (QED) is 0.188. The molecule has 1 aliphatic heterocycles. The average Bonchev–Trinajstić information content (AvgIpc) is 2.78. The molecule has 1 amide bonds. The van der Waals surface area contributed by atoms with Crippen LogP contribution in [0.2, 0.25) is 0 Å². The van der Waals surface area contributed by atoms with Crippen molar-refractivity contribution in [1.29, 1.82) is 0 Å². The van der Waals surface area contributed by atoms with Gasteiger partial charge in [-0.25, -0.2) is 4.79 Å². The molecule has 194 valence electrons. The second-order valence-electron chi connectivity index (χ2n) is 8.89. The number of hydrogen-bond acceptors (Lipinski definition) is 9. The predicted octanol–water partition coefficient (Wildman–Crippen LogP) is 0.892. The van der Waals surface area contributed by atoms with Crippen molar-refractivity contribution in [3.63, 3.8) is 0 Å². The van der Waals surface area contributed by atoms with Gasteiger partial charge in [0, 0.05) is 6.61 Å². The molecule has 0 spiro atoms.